The molecular formula is C42H42Cl4N8O6. The molecule has 1 aliphatic heterocycles. The van der Waals surface area contributed by atoms with Gasteiger partial charge in [0.2, 0.25) is 23.2 Å². The number of aliphatic hydroxyl groups excluding tert-OH is 2. The minimum atomic E-state index is -1.08. The second-order valence-electron chi connectivity index (χ2n) is 13.3. The largest absolute Gasteiger partial charge is 0.418 e. The van der Waals surface area contributed by atoms with Gasteiger partial charge in [0.1, 0.15) is 12.1 Å². The zero-order chi connectivity index (χ0) is 43.9. The number of halogens is 4. The van der Waals surface area contributed by atoms with Gasteiger partial charge in [0.15, 0.2) is 0 Å². The van der Waals surface area contributed by atoms with Crippen LogP contribution in [0.3, 0.4) is 0 Å². The Hall–Kier alpha value is -5.42. The molecule has 0 bridgehead atoms. The van der Waals surface area contributed by atoms with Gasteiger partial charge < -0.3 is 30.0 Å². The minimum Gasteiger partial charge on any atom is -0.418 e. The summed E-state index contributed by atoms with van der Waals surface area (Å²) in [5, 5.41) is 36.0. The Labute approximate surface area is 367 Å². The summed E-state index contributed by atoms with van der Waals surface area (Å²) in [5.41, 5.74) is 8.58. The zero-order valence-corrected chi connectivity index (χ0v) is 35.9. The molecule has 314 valence electrons. The molecule has 6 N–H and O–H groups in total. The standard InChI is InChI=1S/C19H18Cl2N4O3.C19H16Cl2N4O2.C4H8O/c1-10-14(7-8-15(22-3)16(10)21)23-17(11(2)26)19(28)25-24-18(27)12-5-4-6-13(20)9-12;1-10-14(7-8-15(22-3)16(10)21)23-17(11(2)26)19-25-24-18(27-19)12-5-4-6-13(20)9-12;1-2-4-5-3-1/h4-9,11,17,23,26H,1-2H3,(H,24,27)(H,25,28);4-9,11,17,23,26H,1-2H3;1-4H2/t2*11-,17+;/m00./s1. The second kappa shape index (κ2) is 22.8. The fourth-order valence-electron chi connectivity index (χ4n) is 5.46. The first-order valence-electron chi connectivity index (χ1n) is 18.4. The van der Waals surface area contributed by atoms with Crippen LogP contribution in [-0.4, -0.2) is 63.7 Å². The van der Waals surface area contributed by atoms with E-state index in [9.17, 15) is 19.8 Å². The normalized spacial score (nSPS) is 13.7. The van der Waals surface area contributed by atoms with Gasteiger partial charge in [-0.3, -0.25) is 20.4 Å². The molecule has 1 saturated heterocycles. The van der Waals surface area contributed by atoms with Crippen molar-refractivity contribution in [1.29, 1.82) is 0 Å². The van der Waals surface area contributed by atoms with Gasteiger partial charge in [0.05, 0.1) is 35.4 Å². The highest BCUT2D eigenvalue weighted by Gasteiger charge is 2.27. The summed E-state index contributed by atoms with van der Waals surface area (Å²) in [6.07, 6.45) is 0.651. The van der Waals surface area contributed by atoms with E-state index in [0.29, 0.717) is 54.7 Å². The van der Waals surface area contributed by atoms with Gasteiger partial charge in [0, 0.05) is 45.8 Å². The van der Waals surface area contributed by atoms with Gasteiger partial charge in [-0.15, -0.1) is 10.2 Å². The number of nitrogens with zero attached hydrogens (tertiary/aromatic N) is 4. The van der Waals surface area contributed by atoms with E-state index in [-0.39, 0.29) is 22.2 Å². The quantitative estimate of drug-likeness (QED) is 0.0584. The smallest absolute Gasteiger partial charge is 0.269 e. The Morgan fingerprint density at radius 2 is 1.32 bits per heavy atom. The summed E-state index contributed by atoms with van der Waals surface area (Å²) in [6.45, 7) is 22.7. The monoisotopic (exact) mass is 894 g/mol. The van der Waals surface area contributed by atoms with Crippen LogP contribution in [0.15, 0.2) is 77.2 Å². The molecule has 0 aliphatic carbocycles. The number of carbonyl (C=O) groups is 2. The Kier molecular flexibility index (Phi) is 18.0. The van der Waals surface area contributed by atoms with E-state index in [2.05, 4.69) is 41.4 Å². The maximum absolute atomic E-state index is 12.5. The molecule has 6 rings (SSSR count). The van der Waals surface area contributed by atoms with E-state index in [1.54, 1.807) is 81.4 Å². The molecule has 5 aromatic rings. The van der Waals surface area contributed by atoms with Gasteiger partial charge in [0.25, 0.3) is 11.8 Å². The van der Waals surface area contributed by atoms with E-state index in [0.717, 1.165) is 13.2 Å². The summed E-state index contributed by atoms with van der Waals surface area (Å²) in [6, 6.07) is 18.0. The number of hydrazine groups is 1. The second-order valence-corrected chi connectivity index (χ2v) is 14.9. The maximum Gasteiger partial charge on any atom is 0.269 e. The van der Waals surface area contributed by atoms with Gasteiger partial charge in [-0.1, -0.05) is 70.7 Å². The molecule has 2 amide bonds. The average molecular weight is 897 g/mol. The average Bonchev–Trinajstić information content (AvgIpc) is 3.98. The van der Waals surface area contributed by atoms with E-state index >= 15 is 0 Å². The number of aliphatic hydroxyl groups is 2. The van der Waals surface area contributed by atoms with E-state index in [1.165, 1.54) is 31.9 Å². The zero-order valence-electron chi connectivity index (χ0n) is 32.9. The highest BCUT2D eigenvalue weighted by Crippen LogP contribution is 2.36. The van der Waals surface area contributed by atoms with Crippen molar-refractivity contribution in [3.05, 3.63) is 138 Å². The maximum atomic E-state index is 12.5. The molecule has 14 nitrogen and oxygen atoms in total. The SMILES string of the molecule is C1CCOC1.[C-]#[N+]c1ccc(N[C@@H](C(=O)NNC(=O)c2cccc(Cl)c2)[C@H](C)O)c(C)c1Cl.[C-]#[N+]c1ccc(N[C@@H](c2nnc(-c3cccc(Cl)c3)o2)[C@H](C)O)c(C)c1Cl. The first-order chi connectivity index (χ1) is 28.6. The van der Waals surface area contributed by atoms with Crippen LogP contribution in [0.2, 0.25) is 20.1 Å². The van der Waals surface area contributed by atoms with Crippen molar-refractivity contribution in [2.75, 3.05) is 23.8 Å². The number of hydrogen-bond donors (Lipinski definition) is 6. The van der Waals surface area contributed by atoms with E-state index in [4.69, 9.17) is 68.7 Å². The number of ether oxygens (including phenoxy) is 1. The van der Waals surface area contributed by atoms with Crippen molar-refractivity contribution < 1.29 is 29.0 Å². The Bertz CT molecular complexity index is 2350. The fraction of sp³-hybridized carbons (Fsp3) is 0.286. The lowest BCUT2D eigenvalue weighted by atomic mass is 10.1. The van der Waals surface area contributed by atoms with E-state index < -0.39 is 36.1 Å². The minimum absolute atomic E-state index is 0.227. The summed E-state index contributed by atoms with van der Waals surface area (Å²) in [5.74, 6) is -0.682. The van der Waals surface area contributed by atoms with Crippen LogP contribution in [-0.2, 0) is 9.53 Å². The van der Waals surface area contributed by atoms with Gasteiger partial charge >= 0.3 is 0 Å². The van der Waals surface area contributed by atoms with Crippen molar-refractivity contribution in [2.45, 2.75) is 64.8 Å². The predicted octanol–water partition coefficient (Wildman–Crippen LogP) is 9.71. The number of aromatic nitrogens is 2. The molecule has 4 atom stereocenters. The topological polar surface area (TPSA) is 180 Å². The van der Waals surface area contributed by atoms with Crippen LogP contribution >= 0.6 is 46.4 Å². The number of nitrogens with one attached hydrogen (secondary N) is 4. The summed E-state index contributed by atoms with van der Waals surface area (Å²) >= 11 is 24.2. The van der Waals surface area contributed by atoms with Crippen LogP contribution in [0.1, 0.15) is 60.1 Å². The lowest BCUT2D eigenvalue weighted by Crippen LogP contribution is -2.52. The third-order valence-corrected chi connectivity index (χ3v) is 10.3. The molecule has 0 saturated carbocycles. The number of anilines is 2. The third kappa shape index (κ3) is 13.0. The molecule has 1 aliphatic rings. The highest BCUT2D eigenvalue weighted by molar-refractivity contribution is 6.35. The van der Waals surface area contributed by atoms with Crippen molar-refractivity contribution >= 4 is 81.0 Å². The molecular weight excluding hydrogens is 854 g/mol. The first-order valence-corrected chi connectivity index (χ1v) is 19.9. The van der Waals surface area contributed by atoms with Gasteiger partial charge in [-0.25, -0.2) is 9.69 Å². The van der Waals surface area contributed by atoms with Crippen molar-refractivity contribution in [3.63, 3.8) is 0 Å². The van der Waals surface area contributed by atoms with Crippen LogP contribution in [0, 0.1) is 27.0 Å². The third-order valence-electron chi connectivity index (χ3n) is 8.83. The Morgan fingerprint density at radius 3 is 1.82 bits per heavy atom. The van der Waals surface area contributed by atoms with Crippen molar-refractivity contribution in [2.24, 2.45) is 0 Å². The number of benzene rings is 4. The van der Waals surface area contributed by atoms with Crippen LogP contribution in [0.5, 0.6) is 0 Å². The molecule has 18 heteroatoms. The highest BCUT2D eigenvalue weighted by atomic mass is 35.5. The Morgan fingerprint density at radius 1 is 0.750 bits per heavy atom. The van der Waals surface area contributed by atoms with Gasteiger partial charge in [-0.2, -0.15) is 0 Å². The molecule has 60 heavy (non-hydrogen) atoms. The number of hydrogen-bond acceptors (Lipinski definition) is 10. The number of amides is 2. The van der Waals surface area contributed by atoms with Crippen LogP contribution in [0.4, 0.5) is 22.7 Å². The molecule has 0 unspecified atom stereocenters. The van der Waals surface area contributed by atoms with Crippen LogP contribution in [0.25, 0.3) is 21.1 Å². The molecule has 0 radical (unpaired) electrons. The summed E-state index contributed by atoms with van der Waals surface area (Å²) in [4.78, 5) is 31.3. The molecule has 0 spiro atoms. The number of carbonyl (C=O) groups excluding carboxylic acids is 2. The predicted molar refractivity (Wildman–Crippen MR) is 234 cm³/mol. The lowest BCUT2D eigenvalue weighted by Gasteiger charge is -2.23. The van der Waals surface area contributed by atoms with Crippen molar-refractivity contribution in [3.8, 4) is 11.5 Å². The molecule has 1 aromatic heterocycles. The van der Waals surface area contributed by atoms with Crippen molar-refractivity contribution in [1.82, 2.24) is 21.0 Å². The molecule has 1 fully saturated rings. The molecule has 2 heterocycles. The van der Waals surface area contributed by atoms with Gasteiger partial charge in [-0.05, 0) is 100 Å². The summed E-state index contributed by atoms with van der Waals surface area (Å²) in [7, 11) is 0. The first kappa shape index (κ1) is 47.3. The van der Waals surface area contributed by atoms with E-state index in [1.807, 2.05) is 0 Å². The van der Waals surface area contributed by atoms with Crippen LogP contribution < -0.4 is 21.5 Å². The Balaban J connectivity index is 0.000000236. The summed E-state index contributed by atoms with van der Waals surface area (Å²) < 4.78 is 10.7. The molecule has 4 aromatic carbocycles. The fourth-order valence-corrected chi connectivity index (χ4v) is 6.26. The number of rotatable bonds is 10. The lowest BCUT2D eigenvalue weighted by molar-refractivity contribution is -0.124.